The van der Waals surface area contributed by atoms with Crippen molar-refractivity contribution in [2.24, 2.45) is 0 Å². The van der Waals surface area contributed by atoms with Crippen molar-refractivity contribution in [3.63, 3.8) is 0 Å². The van der Waals surface area contributed by atoms with E-state index in [1.54, 1.807) is 17.5 Å². The van der Waals surface area contributed by atoms with E-state index in [4.69, 9.17) is 11.6 Å². The first-order valence-electron chi connectivity index (χ1n) is 8.31. The van der Waals surface area contributed by atoms with Gasteiger partial charge in [-0.3, -0.25) is 4.79 Å². The van der Waals surface area contributed by atoms with E-state index < -0.39 is 0 Å². The number of hydrogen-bond acceptors (Lipinski definition) is 4. The molecule has 0 aliphatic heterocycles. The van der Waals surface area contributed by atoms with E-state index in [0.29, 0.717) is 12.6 Å². The van der Waals surface area contributed by atoms with Gasteiger partial charge in [-0.15, -0.1) is 11.3 Å². The molecule has 1 aliphatic carbocycles. The van der Waals surface area contributed by atoms with E-state index in [9.17, 15) is 4.79 Å². The van der Waals surface area contributed by atoms with Gasteiger partial charge < -0.3 is 4.90 Å². The first-order chi connectivity index (χ1) is 12.2. The van der Waals surface area contributed by atoms with Crippen molar-refractivity contribution in [2.45, 2.75) is 32.0 Å². The van der Waals surface area contributed by atoms with Gasteiger partial charge in [0.2, 0.25) is 0 Å². The summed E-state index contributed by atoms with van der Waals surface area (Å²) >= 11 is 8.18. The molecular formula is C19H18ClN3OS. The van der Waals surface area contributed by atoms with Crippen LogP contribution in [0.5, 0.6) is 0 Å². The minimum absolute atomic E-state index is 0.236. The van der Waals surface area contributed by atoms with Gasteiger partial charge in [-0.1, -0.05) is 48.0 Å². The van der Waals surface area contributed by atoms with Crippen molar-refractivity contribution in [2.75, 3.05) is 4.90 Å². The first kappa shape index (κ1) is 16.4. The van der Waals surface area contributed by atoms with E-state index in [1.165, 1.54) is 9.56 Å². The second-order valence-electron chi connectivity index (χ2n) is 6.23. The number of rotatable bonds is 6. The van der Waals surface area contributed by atoms with Gasteiger partial charge in [-0.2, -0.15) is 5.10 Å². The van der Waals surface area contributed by atoms with Crippen LogP contribution in [0, 0.1) is 0 Å². The van der Waals surface area contributed by atoms with Crippen LogP contribution in [-0.2, 0) is 13.1 Å². The minimum Gasteiger partial charge on any atom is -0.361 e. The summed E-state index contributed by atoms with van der Waals surface area (Å²) in [6.07, 6.45) is 4.00. The van der Waals surface area contributed by atoms with E-state index in [-0.39, 0.29) is 10.6 Å². The van der Waals surface area contributed by atoms with Crippen molar-refractivity contribution >= 4 is 28.6 Å². The van der Waals surface area contributed by atoms with Crippen molar-refractivity contribution in [3.8, 4) is 0 Å². The summed E-state index contributed by atoms with van der Waals surface area (Å²) in [5.74, 6) is 0. The van der Waals surface area contributed by atoms with Crippen LogP contribution in [0.1, 0.15) is 23.3 Å². The highest BCUT2D eigenvalue weighted by molar-refractivity contribution is 7.09. The van der Waals surface area contributed by atoms with Gasteiger partial charge in [-0.25, -0.2) is 4.68 Å². The molecule has 0 saturated heterocycles. The maximum absolute atomic E-state index is 12.7. The molecule has 4 rings (SSSR count). The first-order valence-corrected chi connectivity index (χ1v) is 9.56. The summed E-state index contributed by atoms with van der Waals surface area (Å²) in [4.78, 5) is 16.2. The highest BCUT2D eigenvalue weighted by Gasteiger charge is 2.31. The molecule has 2 heterocycles. The zero-order valence-corrected chi connectivity index (χ0v) is 15.2. The molecule has 0 N–H and O–H groups in total. The van der Waals surface area contributed by atoms with Crippen LogP contribution in [0.25, 0.3) is 0 Å². The van der Waals surface area contributed by atoms with Gasteiger partial charge in [0.05, 0.1) is 25.0 Å². The van der Waals surface area contributed by atoms with Crippen LogP contribution in [0.2, 0.25) is 5.02 Å². The topological polar surface area (TPSA) is 38.1 Å². The molecule has 0 atom stereocenters. The average molecular weight is 372 g/mol. The molecule has 0 amide bonds. The second-order valence-corrected chi connectivity index (χ2v) is 7.64. The number of nitrogens with zero attached hydrogens (tertiary/aromatic N) is 3. The normalized spacial score (nSPS) is 13.8. The molecule has 4 nitrogen and oxygen atoms in total. The zero-order valence-electron chi connectivity index (χ0n) is 13.6. The highest BCUT2D eigenvalue weighted by atomic mass is 35.5. The fourth-order valence-electron chi connectivity index (χ4n) is 2.89. The summed E-state index contributed by atoms with van der Waals surface area (Å²) in [5.41, 5.74) is 1.53. The summed E-state index contributed by atoms with van der Waals surface area (Å²) in [6.45, 7) is 1.19. The predicted octanol–water partition coefficient (Wildman–Crippen LogP) is 4.18. The van der Waals surface area contributed by atoms with Crippen LogP contribution < -0.4 is 10.5 Å². The molecule has 3 aromatic rings. The Kier molecular flexibility index (Phi) is 4.59. The molecule has 128 valence electrons. The molecule has 0 spiro atoms. The molecule has 1 fully saturated rings. The van der Waals surface area contributed by atoms with E-state index in [0.717, 1.165) is 30.6 Å². The maximum Gasteiger partial charge on any atom is 0.287 e. The van der Waals surface area contributed by atoms with Gasteiger partial charge in [0, 0.05) is 10.9 Å². The Morgan fingerprint density at radius 1 is 1.20 bits per heavy atom. The third-order valence-electron chi connectivity index (χ3n) is 4.35. The summed E-state index contributed by atoms with van der Waals surface area (Å²) < 4.78 is 1.43. The molecule has 2 aromatic heterocycles. The van der Waals surface area contributed by atoms with E-state index in [1.807, 2.05) is 36.4 Å². The average Bonchev–Trinajstić information content (AvgIpc) is 3.35. The Hall–Kier alpha value is -2.11. The quantitative estimate of drug-likeness (QED) is 0.652. The fourth-order valence-corrected chi connectivity index (χ4v) is 3.85. The maximum atomic E-state index is 12.7. The molecule has 0 unspecified atom stereocenters. The summed E-state index contributed by atoms with van der Waals surface area (Å²) in [5, 5.41) is 6.70. The van der Waals surface area contributed by atoms with Crippen molar-refractivity contribution < 1.29 is 0 Å². The van der Waals surface area contributed by atoms with Crippen molar-refractivity contribution in [3.05, 3.63) is 79.9 Å². The Morgan fingerprint density at radius 2 is 2.00 bits per heavy atom. The van der Waals surface area contributed by atoms with E-state index in [2.05, 4.69) is 21.4 Å². The molecular weight excluding hydrogens is 354 g/mol. The molecule has 0 radical (unpaired) electrons. The second kappa shape index (κ2) is 7.02. The molecule has 6 heteroatoms. The lowest BCUT2D eigenvalue weighted by atomic mass is 10.2. The van der Waals surface area contributed by atoms with Gasteiger partial charge in [0.1, 0.15) is 5.02 Å². The smallest absolute Gasteiger partial charge is 0.287 e. The van der Waals surface area contributed by atoms with Crippen molar-refractivity contribution in [1.29, 1.82) is 0 Å². The van der Waals surface area contributed by atoms with Crippen LogP contribution in [-0.4, -0.2) is 15.8 Å². The number of halogens is 1. The van der Waals surface area contributed by atoms with Crippen molar-refractivity contribution in [1.82, 2.24) is 9.78 Å². The van der Waals surface area contributed by atoms with Crippen LogP contribution in [0.4, 0.5) is 5.69 Å². The lowest BCUT2D eigenvalue weighted by molar-refractivity contribution is 0.635. The zero-order chi connectivity index (χ0) is 17.2. The van der Waals surface area contributed by atoms with E-state index >= 15 is 0 Å². The number of hydrogen-bond donors (Lipinski definition) is 0. The number of anilines is 1. The fraction of sp³-hybridized carbons (Fsp3) is 0.263. The van der Waals surface area contributed by atoms with Crippen LogP contribution in [0.15, 0.2) is 58.8 Å². The molecule has 1 aromatic carbocycles. The molecule has 25 heavy (non-hydrogen) atoms. The number of thiophene rings is 1. The lowest BCUT2D eigenvalue weighted by Gasteiger charge is -2.24. The van der Waals surface area contributed by atoms with Gasteiger partial charge in [0.15, 0.2) is 0 Å². The number of benzene rings is 1. The SMILES string of the molecule is O=c1c(Cl)c(N(Cc2cccs2)C2CC2)cnn1Cc1ccccc1. The Bertz CT molecular complexity index is 904. The van der Waals surface area contributed by atoms with Gasteiger partial charge >= 0.3 is 0 Å². The Morgan fingerprint density at radius 3 is 2.68 bits per heavy atom. The predicted molar refractivity (Wildman–Crippen MR) is 103 cm³/mol. The largest absolute Gasteiger partial charge is 0.361 e. The van der Waals surface area contributed by atoms with Crippen LogP contribution >= 0.6 is 22.9 Å². The molecule has 0 bridgehead atoms. The molecule has 1 saturated carbocycles. The van der Waals surface area contributed by atoms with Crippen LogP contribution in [0.3, 0.4) is 0 Å². The highest BCUT2D eigenvalue weighted by Crippen LogP contribution is 2.35. The number of aromatic nitrogens is 2. The molecule has 1 aliphatic rings. The monoisotopic (exact) mass is 371 g/mol. The summed E-state index contributed by atoms with van der Waals surface area (Å²) in [6, 6.07) is 14.4. The third kappa shape index (κ3) is 3.62. The lowest BCUT2D eigenvalue weighted by Crippen LogP contribution is -2.30. The Balaban J connectivity index is 1.63. The standard InChI is InChI=1S/C19H18ClN3OS/c20-18-17(22(15-8-9-15)13-16-7-4-10-25-16)11-21-23(19(18)24)12-14-5-2-1-3-6-14/h1-7,10-11,15H,8-9,12-13H2. The van der Waals surface area contributed by atoms with Gasteiger partial charge in [-0.05, 0) is 29.9 Å². The summed E-state index contributed by atoms with van der Waals surface area (Å²) in [7, 11) is 0. The Labute approximate surface area is 155 Å². The minimum atomic E-state index is -0.236. The third-order valence-corrected chi connectivity index (χ3v) is 5.56. The van der Waals surface area contributed by atoms with Gasteiger partial charge in [0.25, 0.3) is 5.56 Å².